The number of aliphatic carboxylic acids is 1. The lowest BCUT2D eigenvalue weighted by Crippen LogP contribution is -2.26. The van der Waals surface area contributed by atoms with Crippen molar-refractivity contribution >= 4 is 16.0 Å². The number of H-pyrrole nitrogens is 1. The van der Waals surface area contributed by atoms with Gasteiger partial charge in [-0.2, -0.15) is 5.10 Å². The summed E-state index contributed by atoms with van der Waals surface area (Å²) >= 11 is 0. The molecule has 8 heteroatoms. The molecule has 0 saturated heterocycles. The number of hydrogen-bond donors (Lipinski definition) is 3. The van der Waals surface area contributed by atoms with Gasteiger partial charge >= 0.3 is 5.97 Å². The molecular weight excluding hydrogens is 270 g/mol. The van der Waals surface area contributed by atoms with E-state index in [1.54, 1.807) is 0 Å². The van der Waals surface area contributed by atoms with Gasteiger partial charge in [0.2, 0.25) is 10.0 Å². The van der Waals surface area contributed by atoms with Crippen molar-refractivity contribution in [3.05, 3.63) is 12.4 Å². The van der Waals surface area contributed by atoms with Crippen molar-refractivity contribution in [2.24, 2.45) is 5.92 Å². The zero-order valence-electron chi connectivity index (χ0n) is 10.8. The Kier molecular flexibility index (Phi) is 5.97. The number of carboxylic acid groups (broad SMARTS) is 1. The van der Waals surface area contributed by atoms with Gasteiger partial charge < -0.3 is 5.11 Å². The molecule has 108 valence electrons. The minimum absolute atomic E-state index is 0.103. The van der Waals surface area contributed by atoms with Crippen LogP contribution in [0.1, 0.15) is 32.6 Å². The minimum atomic E-state index is -3.51. The van der Waals surface area contributed by atoms with Crippen molar-refractivity contribution in [1.29, 1.82) is 0 Å². The van der Waals surface area contributed by atoms with E-state index in [2.05, 4.69) is 14.9 Å². The van der Waals surface area contributed by atoms with Crippen molar-refractivity contribution in [1.82, 2.24) is 14.9 Å². The summed E-state index contributed by atoms with van der Waals surface area (Å²) in [6.07, 6.45) is 4.70. The first-order chi connectivity index (χ1) is 8.95. The zero-order valence-corrected chi connectivity index (χ0v) is 11.6. The Morgan fingerprint density at radius 3 is 2.79 bits per heavy atom. The minimum Gasteiger partial charge on any atom is -0.481 e. The standard InChI is InChI=1S/C11H19N3O4S/c1-2-9(3-4-11(15)16)5-6-14-19(17,18)10-7-12-13-8-10/h7-9,14H,2-6H2,1H3,(H,12,13)(H,15,16). The highest BCUT2D eigenvalue weighted by atomic mass is 32.2. The van der Waals surface area contributed by atoms with Crippen LogP contribution in [0.3, 0.4) is 0 Å². The first-order valence-electron chi connectivity index (χ1n) is 6.16. The number of carbonyl (C=O) groups is 1. The molecule has 0 saturated carbocycles. The number of nitrogens with one attached hydrogen (secondary N) is 2. The summed E-state index contributed by atoms with van der Waals surface area (Å²) in [5.41, 5.74) is 0. The Hall–Kier alpha value is -1.41. The lowest BCUT2D eigenvalue weighted by atomic mass is 9.97. The Labute approximate surface area is 112 Å². The molecule has 7 nitrogen and oxygen atoms in total. The highest BCUT2D eigenvalue weighted by molar-refractivity contribution is 7.89. The van der Waals surface area contributed by atoms with E-state index >= 15 is 0 Å². The third-order valence-corrected chi connectivity index (χ3v) is 4.40. The Bertz CT molecular complexity index is 484. The highest BCUT2D eigenvalue weighted by Crippen LogP contribution is 2.15. The second kappa shape index (κ2) is 7.25. The summed E-state index contributed by atoms with van der Waals surface area (Å²) in [5, 5.41) is 14.6. The molecule has 1 atom stereocenters. The van der Waals surface area contributed by atoms with E-state index in [0.717, 1.165) is 6.42 Å². The topological polar surface area (TPSA) is 112 Å². The normalized spacial score (nSPS) is 13.3. The van der Waals surface area contributed by atoms with Gasteiger partial charge in [-0.05, 0) is 18.8 Å². The largest absolute Gasteiger partial charge is 0.481 e. The van der Waals surface area contributed by atoms with E-state index in [1.807, 2.05) is 6.92 Å². The lowest BCUT2D eigenvalue weighted by molar-refractivity contribution is -0.137. The predicted molar refractivity (Wildman–Crippen MR) is 69.0 cm³/mol. The van der Waals surface area contributed by atoms with Gasteiger partial charge in [0.15, 0.2) is 0 Å². The van der Waals surface area contributed by atoms with Crippen LogP contribution in [-0.4, -0.2) is 36.2 Å². The van der Waals surface area contributed by atoms with Crippen molar-refractivity contribution in [2.75, 3.05) is 6.54 Å². The molecule has 3 N–H and O–H groups in total. The maximum absolute atomic E-state index is 11.8. The van der Waals surface area contributed by atoms with Crippen molar-refractivity contribution in [3.8, 4) is 0 Å². The predicted octanol–water partition coefficient (Wildman–Crippen LogP) is 0.969. The third kappa shape index (κ3) is 5.39. The number of aromatic amines is 1. The molecule has 0 spiro atoms. The number of rotatable bonds is 9. The second-order valence-corrected chi connectivity index (χ2v) is 6.09. The van der Waals surface area contributed by atoms with Gasteiger partial charge in [-0.25, -0.2) is 13.1 Å². The van der Waals surface area contributed by atoms with Gasteiger partial charge in [0.05, 0.1) is 6.20 Å². The van der Waals surface area contributed by atoms with Gasteiger partial charge in [-0.15, -0.1) is 0 Å². The van der Waals surface area contributed by atoms with E-state index in [1.165, 1.54) is 12.4 Å². The van der Waals surface area contributed by atoms with Gasteiger partial charge in [-0.3, -0.25) is 9.89 Å². The molecule has 0 bridgehead atoms. The Balaban J connectivity index is 2.38. The highest BCUT2D eigenvalue weighted by Gasteiger charge is 2.15. The molecular formula is C11H19N3O4S. The average Bonchev–Trinajstić information content (AvgIpc) is 2.87. The van der Waals surface area contributed by atoms with Gasteiger partial charge in [-0.1, -0.05) is 13.3 Å². The monoisotopic (exact) mass is 289 g/mol. The van der Waals surface area contributed by atoms with Crippen LogP contribution in [0.5, 0.6) is 0 Å². The van der Waals surface area contributed by atoms with E-state index < -0.39 is 16.0 Å². The fourth-order valence-electron chi connectivity index (χ4n) is 1.75. The van der Waals surface area contributed by atoms with Crippen LogP contribution in [0.15, 0.2) is 17.3 Å². The third-order valence-electron chi connectivity index (χ3n) is 2.97. The molecule has 1 rings (SSSR count). The summed E-state index contributed by atoms with van der Waals surface area (Å²) in [5.74, 6) is -0.611. The van der Waals surface area contributed by atoms with Crippen LogP contribution in [0.4, 0.5) is 0 Å². The van der Waals surface area contributed by atoms with Crippen LogP contribution < -0.4 is 4.72 Å². The van der Waals surface area contributed by atoms with Crippen molar-refractivity contribution in [2.45, 2.75) is 37.5 Å². The first kappa shape index (κ1) is 15.6. The van der Waals surface area contributed by atoms with E-state index in [4.69, 9.17) is 5.11 Å². The van der Waals surface area contributed by atoms with E-state index in [-0.39, 0.29) is 17.2 Å². The van der Waals surface area contributed by atoms with E-state index in [0.29, 0.717) is 19.4 Å². The van der Waals surface area contributed by atoms with Crippen LogP contribution >= 0.6 is 0 Å². The van der Waals surface area contributed by atoms with Gasteiger partial charge in [0.25, 0.3) is 0 Å². The van der Waals surface area contributed by atoms with Crippen LogP contribution in [0.25, 0.3) is 0 Å². The number of aromatic nitrogens is 2. The van der Waals surface area contributed by atoms with Crippen LogP contribution in [0.2, 0.25) is 0 Å². The summed E-state index contributed by atoms with van der Waals surface area (Å²) in [4.78, 5) is 10.6. The molecule has 19 heavy (non-hydrogen) atoms. The maximum atomic E-state index is 11.8. The smallest absolute Gasteiger partial charge is 0.303 e. The molecule has 1 aromatic heterocycles. The molecule has 0 radical (unpaired) electrons. The Morgan fingerprint density at radius 1 is 1.53 bits per heavy atom. The summed E-state index contributed by atoms with van der Waals surface area (Å²) in [6, 6.07) is 0. The molecule has 0 aliphatic carbocycles. The van der Waals surface area contributed by atoms with Gasteiger partial charge in [0, 0.05) is 19.2 Å². The number of carboxylic acids is 1. The summed E-state index contributed by atoms with van der Waals surface area (Å²) < 4.78 is 26.0. The average molecular weight is 289 g/mol. The van der Waals surface area contributed by atoms with E-state index in [9.17, 15) is 13.2 Å². The fraction of sp³-hybridized carbons (Fsp3) is 0.636. The zero-order chi connectivity index (χ0) is 14.3. The number of hydrogen-bond acceptors (Lipinski definition) is 4. The molecule has 0 aromatic carbocycles. The first-order valence-corrected chi connectivity index (χ1v) is 7.64. The SMILES string of the molecule is CCC(CCNS(=O)(=O)c1cn[nH]c1)CCC(=O)O. The molecule has 1 unspecified atom stereocenters. The van der Waals surface area contributed by atoms with Crippen LogP contribution in [0, 0.1) is 5.92 Å². The van der Waals surface area contributed by atoms with Gasteiger partial charge in [0.1, 0.15) is 4.90 Å². The van der Waals surface area contributed by atoms with Crippen molar-refractivity contribution in [3.63, 3.8) is 0 Å². The van der Waals surface area contributed by atoms with Crippen molar-refractivity contribution < 1.29 is 18.3 Å². The molecule has 0 fully saturated rings. The maximum Gasteiger partial charge on any atom is 0.303 e. The lowest BCUT2D eigenvalue weighted by Gasteiger charge is -2.13. The Morgan fingerprint density at radius 2 is 2.26 bits per heavy atom. The summed E-state index contributed by atoms with van der Waals surface area (Å²) in [6.45, 7) is 2.27. The number of nitrogens with zero attached hydrogens (tertiary/aromatic N) is 1. The van der Waals surface area contributed by atoms with Crippen LogP contribution in [-0.2, 0) is 14.8 Å². The fourth-order valence-corrected chi connectivity index (χ4v) is 2.70. The molecule has 0 aliphatic heterocycles. The second-order valence-electron chi connectivity index (χ2n) is 4.33. The molecule has 1 heterocycles. The summed E-state index contributed by atoms with van der Waals surface area (Å²) in [7, 11) is -3.51. The quantitative estimate of drug-likeness (QED) is 0.627. The molecule has 1 aromatic rings. The number of sulfonamides is 1. The molecule has 0 amide bonds. The molecule has 0 aliphatic rings.